The van der Waals surface area contributed by atoms with Crippen molar-refractivity contribution in [2.75, 3.05) is 37.6 Å². The molecule has 2 aromatic rings. The SMILES string of the molecule is CC1(C)O[C@H]2[C@@H](O1)[C@@H](CN1CCN(c3ccc(OCc4ccccc4)cc3)CC1)C[C@H]1OC(C)(C)O[C@@H]21. The second-order valence-corrected chi connectivity index (χ2v) is 11.8. The number of benzene rings is 2. The lowest BCUT2D eigenvalue weighted by molar-refractivity contribution is -0.176. The molecule has 5 atom stereocenters. The van der Waals surface area contributed by atoms with Gasteiger partial charge in [0.25, 0.3) is 0 Å². The molecule has 200 valence electrons. The van der Waals surface area contributed by atoms with Gasteiger partial charge >= 0.3 is 0 Å². The molecule has 4 fully saturated rings. The summed E-state index contributed by atoms with van der Waals surface area (Å²) >= 11 is 0. The van der Waals surface area contributed by atoms with Crippen LogP contribution in [0.25, 0.3) is 0 Å². The zero-order valence-corrected chi connectivity index (χ0v) is 22.5. The molecule has 4 aliphatic rings. The summed E-state index contributed by atoms with van der Waals surface area (Å²) < 4.78 is 31.3. The molecule has 7 heteroatoms. The summed E-state index contributed by atoms with van der Waals surface area (Å²) in [5, 5.41) is 0. The number of nitrogens with zero attached hydrogens (tertiary/aromatic N) is 2. The van der Waals surface area contributed by atoms with Crippen LogP contribution in [0, 0.1) is 5.92 Å². The minimum atomic E-state index is -0.589. The first-order chi connectivity index (χ1) is 17.7. The van der Waals surface area contributed by atoms with E-state index < -0.39 is 11.6 Å². The van der Waals surface area contributed by atoms with E-state index in [-0.39, 0.29) is 24.4 Å². The Morgan fingerprint density at radius 1 is 0.757 bits per heavy atom. The zero-order valence-electron chi connectivity index (χ0n) is 22.5. The molecule has 0 aromatic heterocycles. The maximum absolute atomic E-state index is 6.43. The first-order valence-electron chi connectivity index (χ1n) is 13.7. The third-order valence-corrected chi connectivity index (χ3v) is 8.02. The van der Waals surface area contributed by atoms with Crippen LogP contribution in [-0.4, -0.2) is 73.6 Å². The van der Waals surface area contributed by atoms with Gasteiger partial charge in [-0.05, 0) is 63.9 Å². The van der Waals surface area contributed by atoms with E-state index in [1.165, 1.54) is 11.3 Å². The molecule has 0 amide bonds. The van der Waals surface area contributed by atoms with E-state index in [1.54, 1.807) is 0 Å². The summed E-state index contributed by atoms with van der Waals surface area (Å²) in [5.74, 6) is 0.102. The van der Waals surface area contributed by atoms with E-state index in [4.69, 9.17) is 23.7 Å². The molecule has 0 spiro atoms. The molecule has 3 saturated heterocycles. The predicted molar refractivity (Wildman–Crippen MR) is 142 cm³/mol. The van der Waals surface area contributed by atoms with Gasteiger partial charge in [0, 0.05) is 44.3 Å². The standard InChI is InChI=1S/C30H40N2O5/c1-29(2)34-25-18-22(26-28(27(25)36-29)37-30(3,4)35-26)19-31-14-16-32(17-15-31)23-10-12-24(13-11-23)33-20-21-8-6-5-7-9-21/h5-13,22,25-28H,14-20H2,1-4H3/t22-,25-,26+,27-,28+/m1/s1. The van der Waals surface area contributed by atoms with E-state index in [2.05, 4.69) is 46.2 Å². The Morgan fingerprint density at radius 2 is 1.41 bits per heavy atom. The van der Waals surface area contributed by atoms with Crippen LogP contribution >= 0.6 is 0 Å². The highest BCUT2D eigenvalue weighted by Crippen LogP contribution is 2.47. The number of hydrogen-bond donors (Lipinski definition) is 0. The number of hydrogen-bond acceptors (Lipinski definition) is 7. The van der Waals surface area contributed by atoms with Crippen LogP contribution in [0.15, 0.2) is 54.6 Å². The molecular formula is C30H40N2O5. The number of fused-ring (bicyclic) bond motifs is 3. The monoisotopic (exact) mass is 508 g/mol. The molecule has 0 bridgehead atoms. The maximum atomic E-state index is 6.43. The number of rotatable bonds is 6. The smallest absolute Gasteiger partial charge is 0.163 e. The van der Waals surface area contributed by atoms with Crippen molar-refractivity contribution < 1.29 is 23.7 Å². The second kappa shape index (κ2) is 9.86. The highest BCUT2D eigenvalue weighted by molar-refractivity contribution is 5.49. The van der Waals surface area contributed by atoms with Gasteiger partial charge in [-0.3, -0.25) is 4.90 Å². The topological polar surface area (TPSA) is 52.6 Å². The van der Waals surface area contributed by atoms with Crippen molar-refractivity contribution in [2.24, 2.45) is 5.92 Å². The molecule has 3 heterocycles. The second-order valence-electron chi connectivity index (χ2n) is 11.8. The number of piperazine rings is 1. The Kier molecular flexibility index (Phi) is 6.70. The van der Waals surface area contributed by atoms with E-state index in [0.717, 1.165) is 44.9 Å². The van der Waals surface area contributed by atoms with E-state index in [0.29, 0.717) is 12.5 Å². The summed E-state index contributed by atoms with van der Waals surface area (Å²) in [5.41, 5.74) is 2.43. The first-order valence-corrected chi connectivity index (χ1v) is 13.7. The molecule has 37 heavy (non-hydrogen) atoms. The van der Waals surface area contributed by atoms with E-state index in [1.807, 2.05) is 45.9 Å². The summed E-state index contributed by atoms with van der Waals surface area (Å²) in [4.78, 5) is 5.04. The normalized spacial score (nSPS) is 32.6. The molecular weight excluding hydrogens is 468 g/mol. The third-order valence-electron chi connectivity index (χ3n) is 8.02. The molecule has 0 radical (unpaired) electrons. The fourth-order valence-corrected chi connectivity index (χ4v) is 6.38. The highest BCUT2D eigenvalue weighted by atomic mass is 16.8. The van der Waals surface area contributed by atoms with Gasteiger partial charge in [0.2, 0.25) is 0 Å². The Bertz CT molecular complexity index is 1050. The van der Waals surface area contributed by atoms with Gasteiger partial charge < -0.3 is 28.6 Å². The van der Waals surface area contributed by atoms with Gasteiger partial charge in [-0.1, -0.05) is 30.3 Å². The van der Waals surface area contributed by atoms with Gasteiger partial charge in [0.05, 0.1) is 12.2 Å². The van der Waals surface area contributed by atoms with Crippen LogP contribution in [-0.2, 0) is 25.6 Å². The van der Waals surface area contributed by atoms with Crippen molar-refractivity contribution in [3.8, 4) is 5.75 Å². The van der Waals surface area contributed by atoms with Gasteiger partial charge in [0.15, 0.2) is 11.6 Å². The fourth-order valence-electron chi connectivity index (χ4n) is 6.38. The van der Waals surface area contributed by atoms with Crippen LogP contribution in [0.1, 0.15) is 39.7 Å². The summed E-state index contributed by atoms with van der Waals surface area (Å²) in [6.45, 7) is 13.7. The molecule has 1 saturated carbocycles. The summed E-state index contributed by atoms with van der Waals surface area (Å²) in [6.07, 6.45) is 0.899. The zero-order chi connectivity index (χ0) is 25.6. The van der Waals surface area contributed by atoms with Crippen LogP contribution in [0.4, 0.5) is 5.69 Å². The van der Waals surface area contributed by atoms with Gasteiger partial charge in [-0.15, -0.1) is 0 Å². The van der Waals surface area contributed by atoms with Crippen molar-refractivity contribution in [3.05, 3.63) is 60.2 Å². The number of anilines is 1. The molecule has 2 aromatic carbocycles. The van der Waals surface area contributed by atoms with Crippen molar-refractivity contribution in [3.63, 3.8) is 0 Å². The Morgan fingerprint density at radius 3 is 2.14 bits per heavy atom. The first kappa shape index (κ1) is 25.1. The van der Waals surface area contributed by atoms with Gasteiger partial charge in [-0.2, -0.15) is 0 Å². The Balaban J connectivity index is 1.03. The average Bonchev–Trinajstić information content (AvgIpc) is 3.38. The molecule has 3 aliphatic heterocycles. The van der Waals surface area contributed by atoms with Crippen molar-refractivity contribution in [2.45, 2.75) is 76.7 Å². The molecule has 0 N–H and O–H groups in total. The summed E-state index contributed by atoms with van der Waals surface area (Å²) in [6, 6.07) is 18.8. The predicted octanol–water partition coefficient (Wildman–Crippen LogP) is 4.45. The average molecular weight is 509 g/mol. The lowest BCUT2D eigenvalue weighted by Gasteiger charge is -2.42. The minimum Gasteiger partial charge on any atom is -0.489 e. The molecule has 7 nitrogen and oxygen atoms in total. The van der Waals surface area contributed by atoms with Crippen molar-refractivity contribution in [1.29, 1.82) is 0 Å². The van der Waals surface area contributed by atoms with Gasteiger partial charge in [0.1, 0.15) is 24.6 Å². The van der Waals surface area contributed by atoms with Crippen LogP contribution in [0.5, 0.6) is 5.75 Å². The Hall–Kier alpha value is -2.16. The van der Waals surface area contributed by atoms with E-state index in [9.17, 15) is 0 Å². The Labute approximate surface area is 220 Å². The van der Waals surface area contributed by atoms with E-state index >= 15 is 0 Å². The molecule has 6 rings (SSSR count). The maximum Gasteiger partial charge on any atom is 0.163 e. The van der Waals surface area contributed by atoms with Crippen LogP contribution in [0.3, 0.4) is 0 Å². The number of ether oxygens (including phenoxy) is 5. The minimum absolute atomic E-state index is 0.0372. The summed E-state index contributed by atoms with van der Waals surface area (Å²) in [7, 11) is 0. The highest BCUT2D eigenvalue weighted by Gasteiger charge is 2.59. The quantitative estimate of drug-likeness (QED) is 0.572. The lowest BCUT2D eigenvalue weighted by Crippen LogP contribution is -2.55. The molecule has 0 unspecified atom stereocenters. The van der Waals surface area contributed by atoms with Crippen molar-refractivity contribution >= 4 is 5.69 Å². The van der Waals surface area contributed by atoms with Crippen LogP contribution in [0.2, 0.25) is 0 Å². The van der Waals surface area contributed by atoms with Crippen LogP contribution < -0.4 is 9.64 Å². The molecule has 1 aliphatic carbocycles. The third kappa shape index (κ3) is 5.52. The lowest BCUT2D eigenvalue weighted by atomic mass is 9.80. The largest absolute Gasteiger partial charge is 0.489 e. The van der Waals surface area contributed by atoms with Gasteiger partial charge in [-0.25, -0.2) is 0 Å². The van der Waals surface area contributed by atoms with Crippen molar-refractivity contribution in [1.82, 2.24) is 4.90 Å². The fraction of sp³-hybridized carbons (Fsp3) is 0.600.